The molecule has 1 aromatic heterocycles. The van der Waals surface area contributed by atoms with Crippen molar-refractivity contribution in [2.24, 2.45) is 0 Å². The minimum Gasteiger partial charge on any atom is -0.339 e. The van der Waals surface area contributed by atoms with Crippen LogP contribution in [-0.2, 0) is 10.4 Å². The predicted molar refractivity (Wildman–Crippen MR) is 106 cm³/mol. The summed E-state index contributed by atoms with van der Waals surface area (Å²) in [5.74, 6) is 0.816. The summed E-state index contributed by atoms with van der Waals surface area (Å²) < 4.78 is 47.3. The van der Waals surface area contributed by atoms with Gasteiger partial charge in [-0.3, -0.25) is 10.3 Å². The Morgan fingerprint density at radius 3 is 2.30 bits per heavy atom. The monoisotopic (exact) mass is 455 g/mol. The number of alkyl halides is 3. The van der Waals surface area contributed by atoms with Crippen molar-refractivity contribution < 1.29 is 22.5 Å². The quantitative estimate of drug-likeness (QED) is 0.525. The molecule has 1 aliphatic rings. The molecule has 5 nitrogen and oxygen atoms in total. The lowest BCUT2D eigenvalue weighted by Gasteiger charge is -2.28. The van der Waals surface area contributed by atoms with Crippen molar-refractivity contribution >= 4 is 28.9 Å². The highest BCUT2D eigenvalue weighted by molar-refractivity contribution is 6.34. The van der Waals surface area contributed by atoms with E-state index in [1.165, 1.54) is 18.2 Å². The number of aromatic nitrogens is 2. The maximum atomic E-state index is 14.1. The smallest absolute Gasteiger partial charge is 0.339 e. The number of hydrogen-bond donors (Lipinski definition) is 1. The molecule has 30 heavy (non-hydrogen) atoms. The van der Waals surface area contributed by atoms with Crippen LogP contribution < -0.4 is 5.48 Å². The van der Waals surface area contributed by atoms with Crippen molar-refractivity contribution in [3.63, 3.8) is 0 Å². The van der Waals surface area contributed by atoms with Gasteiger partial charge in [-0.15, -0.1) is 0 Å². The molecule has 4 rings (SSSR count). The highest BCUT2D eigenvalue weighted by Crippen LogP contribution is 2.48. The van der Waals surface area contributed by atoms with E-state index in [-0.39, 0.29) is 21.3 Å². The largest absolute Gasteiger partial charge is 0.428 e. The van der Waals surface area contributed by atoms with E-state index in [4.69, 9.17) is 32.6 Å². The summed E-state index contributed by atoms with van der Waals surface area (Å²) in [4.78, 5) is 9.28. The number of nitrogens with one attached hydrogen (secondary N) is 1. The molecule has 10 heteroatoms. The van der Waals surface area contributed by atoms with Gasteiger partial charge in [-0.05, 0) is 48.4 Å². The van der Waals surface area contributed by atoms with Crippen molar-refractivity contribution in [3.05, 3.63) is 75.1 Å². The van der Waals surface area contributed by atoms with Crippen LogP contribution in [0.4, 0.5) is 13.2 Å². The van der Waals surface area contributed by atoms with E-state index in [1.54, 1.807) is 32.0 Å². The summed E-state index contributed by atoms with van der Waals surface area (Å²) in [5, 5.41) is 4.01. The summed E-state index contributed by atoms with van der Waals surface area (Å²) in [6.07, 6.45) is -3.80. The van der Waals surface area contributed by atoms with E-state index < -0.39 is 11.8 Å². The van der Waals surface area contributed by atoms with Crippen LogP contribution in [0.15, 0.2) is 47.0 Å². The van der Waals surface area contributed by atoms with Gasteiger partial charge in [0.05, 0.1) is 5.70 Å². The Morgan fingerprint density at radius 2 is 1.73 bits per heavy atom. The summed E-state index contributed by atoms with van der Waals surface area (Å²) in [5.41, 5.74) is 1.54. The van der Waals surface area contributed by atoms with Gasteiger partial charge >= 0.3 is 6.18 Å². The maximum absolute atomic E-state index is 14.1. The molecule has 0 amide bonds. The number of rotatable bonds is 3. The third kappa shape index (κ3) is 3.55. The van der Waals surface area contributed by atoms with Gasteiger partial charge in [0.15, 0.2) is 0 Å². The Labute approximate surface area is 179 Å². The number of halogens is 5. The van der Waals surface area contributed by atoms with Gasteiger partial charge in [-0.1, -0.05) is 40.5 Å². The first-order valence-electron chi connectivity index (χ1n) is 8.71. The predicted octanol–water partition coefficient (Wildman–Crippen LogP) is 5.99. The van der Waals surface area contributed by atoms with Gasteiger partial charge in [0.1, 0.15) is 0 Å². The molecule has 0 radical (unpaired) electrons. The molecule has 0 spiro atoms. The summed E-state index contributed by atoms with van der Waals surface area (Å²) in [7, 11) is 0. The normalized spacial score (nSPS) is 19.0. The number of nitrogens with zero attached hydrogens (tertiary/aromatic N) is 2. The van der Waals surface area contributed by atoms with Crippen LogP contribution in [0.5, 0.6) is 0 Å². The second-order valence-corrected chi connectivity index (χ2v) is 7.69. The van der Waals surface area contributed by atoms with Gasteiger partial charge < -0.3 is 4.52 Å². The Balaban J connectivity index is 1.78. The standard InChI is InChI=1S/C20H14Cl2F3N3O2/c1-10-5-12(3-4-16(10)18-26-11(2)29-28-18)17-9-19(30-27-17,20(23,24)25)13-6-14(21)8-15(22)7-13/h3-9,27H,1-2H3. The van der Waals surface area contributed by atoms with Crippen molar-refractivity contribution in [2.45, 2.75) is 25.6 Å². The average molecular weight is 456 g/mol. The maximum Gasteiger partial charge on any atom is 0.428 e. The lowest BCUT2D eigenvalue weighted by molar-refractivity contribution is -0.269. The highest BCUT2D eigenvalue weighted by Gasteiger charge is 2.59. The first-order valence-corrected chi connectivity index (χ1v) is 9.46. The SMILES string of the molecule is Cc1nc(-c2ccc(C3=CC(c4cc(Cl)cc(Cl)c4)(C(F)(F)F)ON3)cc2C)no1. The first kappa shape index (κ1) is 20.7. The van der Waals surface area contributed by atoms with E-state index in [2.05, 4.69) is 15.6 Å². The molecule has 2 heterocycles. The lowest BCUT2D eigenvalue weighted by Crippen LogP contribution is -2.42. The summed E-state index contributed by atoms with van der Waals surface area (Å²) >= 11 is 11.8. The highest BCUT2D eigenvalue weighted by atomic mass is 35.5. The van der Waals surface area contributed by atoms with Crippen molar-refractivity contribution in [3.8, 4) is 11.4 Å². The van der Waals surface area contributed by atoms with Crippen LogP contribution in [0, 0.1) is 13.8 Å². The zero-order valence-electron chi connectivity index (χ0n) is 15.6. The molecule has 0 saturated carbocycles. The molecular formula is C20H14Cl2F3N3O2. The van der Waals surface area contributed by atoms with E-state index in [1.807, 2.05) is 0 Å². The molecule has 1 N–H and O–H groups in total. The molecule has 1 atom stereocenters. The van der Waals surface area contributed by atoms with Crippen LogP contribution >= 0.6 is 23.2 Å². The van der Waals surface area contributed by atoms with Gasteiger partial charge in [0, 0.05) is 28.1 Å². The van der Waals surface area contributed by atoms with Crippen molar-refractivity contribution in [1.29, 1.82) is 0 Å². The first-order chi connectivity index (χ1) is 14.1. The third-order valence-corrected chi connectivity index (χ3v) is 5.12. The Bertz CT molecular complexity index is 1140. The fourth-order valence-corrected chi connectivity index (χ4v) is 3.77. The molecule has 1 aliphatic heterocycles. The van der Waals surface area contributed by atoms with Gasteiger partial charge in [0.2, 0.25) is 17.3 Å². The third-order valence-electron chi connectivity index (χ3n) is 4.69. The van der Waals surface area contributed by atoms with Crippen LogP contribution in [0.2, 0.25) is 10.0 Å². The molecule has 0 fully saturated rings. The molecule has 1 unspecified atom stereocenters. The topological polar surface area (TPSA) is 60.2 Å². The molecule has 0 bridgehead atoms. The summed E-state index contributed by atoms with van der Waals surface area (Å²) in [6, 6.07) is 8.77. The van der Waals surface area contributed by atoms with E-state index in [0.717, 1.165) is 11.6 Å². The van der Waals surface area contributed by atoms with Crippen molar-refractivity contribution in [1.82, 2.24) is 15.6 Å². The molecule has 0 aliphatic carbocycles. The molecule has 0 saturated heterocycles. The molecule has 3 aromatic rings. The Morgan fingerprint density at radius 1 is 1.03 bits per heavy atom. The fourth-order valence-electron chi connectivity index (χ4n) is 3.24. The van der Waals surface area contributed by atoms with Gasteiger partial charge in [0.25, 0.3) is 0 Å². The summed E-state index contributed by atoms with van der Waals surface area (Å²) in [6.45, 7) is 3.47. The minimum atomic E-state index is -4.77. The molecular weight excluding hydrogens is 442 g/mol. The molecule has 2 aromatic carbocycles. The number of aryl methyl sites for hydroxylation is 2. The van der Waals surface area contributed by atoms with E-state index >= 15 is 0 Å². The van der Waals surface area contributed by atoms with Crippen LogP contribution in [0.3, 0.4) is 0 Å². The van der Waals surface area contributed by atoms with E-state index in [0.29, 0.717) is 22.8 Å². The Kier molecular flexibility index (Phi) is 5.04. The number of benzene rings is 2. The second-order valence-electron chi connectivity index (χ2n) is 6.82. The van der Waals surface area contributed by atoms with Crippen LogP contribution in [0.25, 0.3) is 17.1 Å². The van der Waals surface area contributed by atoms with Crippen LogP contribution in [0.1, 0.15) is 22.6 Å². The molecule has 156 valence electrons. The van der Waals surface area contributed by atoms with E-state index in [9.17, 15) is 13.2 Å². The van der Waals surface area contributed by atoms with Crippen LogP contribution in [-0.4, -0.2) is 16.3 Å². The number of hydroxylamine groups is 1. The minimum absolute atomic E-state index is 0.0715. The lowest BCUT2D eigenvalue weighted by atomic mass is 9.91. The van der Waals surface area contributed by atoms with Gasteiger partial charge in [-0.2, -0.15) is 18.2 Å². The zero-order chi connectivity index (χ0) is 21.7. The average Bonchev–Trinajstić information content (AvgIpc) is 3.28. The second kappa shape index (κ2) is 7.30. The zero-order valence-corrected chi connectivity index (χ0v) is 17.2. The fraction of sp³-hybridized carbons (Fsp3) is 0.200. The number of hydrogen-bond acceptors (Lipinski definition) is 5. The van der Waals surface area contributed by atoms with Crippen molar-refractivity contribution in [2.75, 3.05) is 0 Å². The Hall–Kier alpha value is -2.55. The van der Waals surface area contributed by atoms with Gasteiger partial charge in [-0.25, -0.2) is 0 Å².